The van der Waals surface area contributed by atoms with E-state index in [-0.39, 0.29) is 17.3 Å². The molecule has 1 unspecified atom stereocenters. The van der Waals surface area contributed by atoms with Crippen LogP contribution in [0.15, 0.2) is 54.6 Å². The molecule has 1 nitrogen and oxygen atoms in total. The van der Waals surface area contributed by atoms with Gasteiger partial charge in [0.2, 0.25) is 0 Å². The Kier molecular flexibility index (Phi) is 4.56. The van der Waals surface area contributed by atoms with Gasteiger partial charge >= 0.3 is 0 Å². The highest BCUT2D eigenvalue weighted by Crippen LogP contribution is 2.32. The second kappa shape index (κ2) is 6.19. The highest BCUT2D eigenvalue weighted by atomic mass is 19.1. The van der Waals surface area contributed by atoms with Crippen molar-refractivity contribution in [1.82, 2.24) is 5.32 Å². The highest BCUT2D eigenvalue weighted by molar-refractivity contribution is 5.22. The van der Waals surface area contributed by atoms with E-state index in [4.69, 9.17) is 0 Å². The molecule has 2 aromatic rings. The zero-order valence-electron chi connectivity index (χ0n) is 12.4. The molecule has 0 bridgehead atoms. The smallest absolute Gasteiger partial charge is 0.123 e. The molecule has 2 rings (SSSR count). The topological polar surface area (TPSA) is 12.0 Å². The molecule has 20 heavy (non-hydrogen) atoms. The van der Waals surface area contributed by atoms with E-state index >= 15 is 0 Å². The van der Waals surface area contributed by atoms with Gasteiger partial charge in [-0.2, -0.15) is 0 Å². The predicted molar refractivity (Wildman–Crippen MR) is 81.9 cm³/mol. The Morgan fingerprint density at radius 1 is 0.950 bits per heavy atom. The van der Waals surface area contributed by atoms with Crippen molar-refractivity contribution in [3.8, 4) is 0 Å². The number of benzene rings is 2. The third kappa shape index (κ3) is 3.91. The predicted octanol–water partition coefficient (Wildman–Crippen LogP) is 4.70. The number of hydrogen-bond donors (Lipinski definition) is 1. The fourth-order valence-corrected chi connectivity index (χ4v) is 2.39. The van der Waals surface area contributed by atoms with E-state index in [2.05, 4.69) is 50.4 Å². The average molecular weight is 271 g/mol. The lowest BCUT2D eigenvalue weighted by Gasteiger charge is -2.32. The van der Waals surface area contributed by atoms with Crippen LogP contribution in [0.4, 0.5) is 4.39 Å². The Hall–Kier alpha value is -1.67. The van der Waals surface area contributed by atoms with Crippen molar-refractivity contribution < 1.29 is 4.39 Å². The Morgan fingerprint density at radius 3 is 2.10 bits per heavy atom. The summed E-state index contributed by atoms with van der Waals surface area (Å²) in [6, 6.07) is 17.4. The standard InChI is InChI=1S/C18H22FN/c1-18(2,3)17(15-7-5-4-6-8-15)20-13-14-9-11-16(19)12-10-14/h4-12,17,20H,13H2,1-3H3. The summed E-state index contributed by atoms with van der Waals surface area (Å²) in [5.41, 5.74) is 2.49. The molecule has 0 fully saturated rings. The van der Waals surface area contributed by atoms with Crippen molar-refractivity contribution in [3.63, 3.8) is 0 Å². The zero-order chi connectivity index (χ0) is 14.6. The first-order valence-electron chi connectivity index (χ1n) is 6.99. The van der Waals surface area contributed by atoms with Crippen LogP contribution in [0.25, 0.3) is 0 Å². The molecule has 0 radical (unpaired) electrons. The first kappa shape index (κ1) is 14.7. The van der Waals surface area contributed by atoms with Gasteiger partial charge in [-0.05, 0) is 28.7 Å². The molecular formula is C18H22FN. The molecule has 106 valence electrons. The Labute approximate surface area is 120 Å². The third-order valence-electron chi connectivity index (χ3n) is 3.42. The third-order valence-corrected chi connectivity index (χ3v) is 3.42. The quantitative estimate of drug-likeness (QED) is 0.849. The largest absolute Gasteiger partial charge is 0.305 e. The van der Waals surface area contributed by atoms with E-state index in [1.165, 1.54) is 17.7 Å². The number of nitrogens with one attached hydrogen (secondary N) is 1. The number of rotatable bonds is 4. The maximum Gasteiger partial charge on any atom is 0.123 e. The first-order valence-corrected chi connectivity index (χ1v) is 6.99. The van der Waals surface area contributed by atoms with E-state index in [1.54, 1.807) is 0 Å². The first-order chi connectivity index (χ1) is 9.47. The number of hydrogen-bond acceptors (Lipinski definition) is 1. The molecule has 0 aliphatic carbocycles. The van der Waals surface area contributed by atoms with Crippen LogP contribution in [0, 0.1) is 11.2 Å². The van der Waals surface area contributed by atoms with Crippen LogP contribution >= 0.6 is 0 Å². The lowest BCUT2D eigenvalue weighted by atomic mass is 9.82. The van der Waals surface area contributed by atoms with Gasteiger partial charge in [0.25, 0.3) is 0 Å². The van der Waals surface area contributed by atoms with Crippen LogP contribution in [-0.2, 0) is 6.54 Å². The molecule has 2 aromatic carbocycles. The van der Waals surface area contributed by atoms with Gasteiger partial charge in [-0.1, -0.05) is 63.2 Å². The monoisotopic (exact) mass is 271 g/mol. The van der Waals surface area contributed by atoms with E-state index in [0.717, 1.165) is 12.1 Å². The van der Waals surface area contributed by atoms with Gasteiger partial charge in [0.1, 0.15) is 5.82 Å². The van der Waals surface area contributed by atoms with Crippen molar-refractivity contribution >= 4 is 0 Å². The van der Waals surface area contributed by atoms with Crippen LogP contribution in [0.1, 0.15) is 37.9 Å². The minimum atomic E-state index is -0.191. The van der Waals surface area contributed by atoms with Crippen LogP contribution in [-0.4, -0.2) is 0 Å². The molecule has 0 aliphatic rings. The number of halogens is 1. The minimum Gasteiger partial charge on any atom is -0.305 e. The van der Waals surface area contributed by atoms with Crippen molar-refractivity contribution in [2.75, 3.05) is 0 Å². The molecule has 0 spiro atoms. The maximum absolute atomic E-state index is 12.9. The lowest BCUT2D eigenvalue weighted by Crippen LogP contribution is -2.32. The molecular weight excluding hydrogens is 249 g/mol. The second-order valence-corrected chi connectivity index (χ2v) is 6.22. The molecule has 1 atom stereocenters. The molecule has 0 aromatic heterocycles. The van der Waals surface area contributed by atoms with Gasteiger partial charge in [0, 0.05) is 12.6 Å². The summed E-state index contributed by atoms with van der Waals surface area (Å²) in [7, 11) is 0. The molecule has 0 aliphatic heterocycles. The van der Waals surface area contributed by atoms with Gasteiger partial charge in [-0.15, -0.1) is 0 Å². The Morgan fingerprint density at radius 2 is 1.55 bits per heavy atom. The second-order valence-electron chi connectivity index (χ2n) is 6.22. The van der Waals surface area contributed by atoms with Crippen LogP contribution in [0.3, 0.4) is 0 Å². The fraction of sp³-hybridized carbons (Fsp3) is 0.333. The summed E-state index contributed by atoms with van der Waals surface area (Å²) in [5, 5.41) is 3.59. The summed E-state index contributed by atoms with van der Waals surface area (Å²) >= 11 is 0. The van der Waals surface area contributed by atoms with Gasteiger partial charge in [0.15, 0.2) is 0 Å². The SMILES string of the molecule is CC(C)(C)C(NCc1ccc(F)cc1)c1ccccc1. The van der Waals surface area contributed by atoms with Gasteiger partial charge in [-0.3, -0.25) is 0 Å². The van der Waals surface area contributed by atoms with Crippen molar-refractivity contribution in [2.24, 2.45) is 5.41 Å². The summed E-state index contributed by atoms with van der Waals surface area (Å²) in [5.74, 6) is -0.191. The van der Waals surface area contributed by atoms with Crippen molar-refractivity contribution in [2.45, 2.75) is 33.4 Å². The molecule has 0 heterocycles. The van der Waals surface area contributed by atoms with Gasteiger partial charge in [0.05, 0.1) is 0 Å². The molecule has 0 amide bonds. The fourth-order valence-electron chi connectivity index (χ4n) is 2.39. The lowest BCUT2D eigenvalue weighted by molar-refractivity contribution is 0.271. The summed E-state index contributed by atoms with van der Waals surface area (Å²) in [6.07, 6.45) is 0. The highest BCUT2D eigenvalue weighted by Gasteiger charge is 2.25. The van der Waals surface area contributed by atoms with E-state index in [1.807, 2.05) is 18.2 Å². The molecule has 2 heteroatoms. The van der Waals surface area contributed by atoms with E-state index in [9.17, 15) is 4.39 Å². The van der Waals surface area contributed by atoms with Crippen LogP contribution < -0.4 is 5.32 Å². The Balaban J connectivity index is 2.11. The molecule has 1 N–H and O–H groups in total. The van der Waals surface area contributed by atoms with E-state index in [0.29, 0.717) is 0 Å². The minimum absolute atomic E-state index is 0.112. The van der Waals surface area contributed by atoms with Crippen molar-refractivity contribution in [1.29, 1.82) is 0 Å². The molecule has 0 saturated heterocycles. The molecule has 0 saturated carbocycles. The summed E-state index contributed by atoms with van der Waals surface area (Å²) in [4.78, 5) is 0. The van der Waals surface area contributed by atoms with Crippen LogP contribution in [0.5, 0.6) is 0 Å². The summed E-state index contributed by atoms with van der Waals surface area (Å²) < 4.78 is 12.9. The summed E-state index contributed by atoms with van der Waals surface area (Å²) in [6.45, 7) is 7.41. The van der Waals surface area contributed by atoms with E-state index < -0.39 is 0 Å². The Bertz CT molecular complexity index is 526. The van der Waals surface area contributed by atoms with Crippen LogP contribution in [0.2, 0.25) is 0 Å². The van der Waals surface area contributed by atoms with Gasteiger partial charge < -0.3 is 5.32 Å². The average Bonchev–Trinajstić information content (AvgIpc) is 2.41. The normalized spacial score (nSPS) is 13.2. The van der Waals surface area contributed by atoms with Gasteiger partial charge in [-0.25, -0.2) is 4.39 Å². The zero-order valence-corrected chi connectivity index (χ0v) is 12.4. The van der Waals surface area contributed by atoms with Crippen molar-refractivity contribution in [3.05, 3.63) is 71.5 Å². The maximum atomic E-state index is 12.9.